The minimum absolute atomic E-state index is 0.282. The van der Waals surface area contributed by atoms with Crippen molar-refractivity contribution >= 4 is 41.3 Å². The van der Waals surface area contributed by atoms with Gasteiger partial charge in [0.25, 0.3) is 5.91 Å². The molecule has 0 fully saturated rings. The molecule has 6 nitrogen and oxygen atoms in total. The molecule has 2 aromatic rings. The molecule has 0 radical (unpaired) electrons. The molecule has 0 aliphatic rings. The van der Waals surface area contributed by atoms with Crippen LogP contribution in [0.1, 0.15) is 22.8 Å². The van der Waals surface area contributed by atoms with Gasteiger partial charge in [0.1, 0.15) is 5.75 Å². The third-order valence-corrected chi connectivity index (χ3v) is 3.84. The number of halogens is 2. The van der Waals surface area contributed by atoms with Crippen molar-refractivity contribution in [3.63, 3.8) is 0 Å². The molecule has 2 N–H and O–H groups in total. The molecule has 130 valence electrons. The van der Waals surface area contributed by atoms with Crippen LogP contribution in [-0.2, 0) is 4.79 Å². The summed E-state index contributed by atoms with van der Waals surface area (Å²) >= 11 is 11.7. The predicted molar refractivity (Wildman–Crippen MR) is 95.7 cm³/mol. The van der Waals surface area contributed by atoms with Crippen LogP contribution < -0.4 is 10.2 Å². The number of amides is 1. The van der Waals surface area contributed by atoms with Gasteiger partial charge in [0.05, 0.1) is 16.3 Å². The molecule has 2 aromatic carbocycles. The van der Waals surface area contributed by atoms with Gasteiger partial charge < -0.3 is 9.84 Å². The van der Waals surface area contributed by atoms with Gasteiger partial charge in [0, 0.05) is 5.56 Å². The summed E-state index contributed by atoms with van der Waals surface area (Å²) < 4.78 is 5.22. The first-order valence-electron chi connectivity index (χ1n) is 7.15. The molecule has 0 heterocycles. The second-order valence-corrected chi connectivity index (χ2v) is 5.81. The van der Waals surface area contributed by atoms with E-state index < -0.39 is 18.0 Å². The van der Waals surface area contributed by atoms with Crippen LogP contribution >= 0.6 is 23.2 Å². The Morgan fingerprint density at radius 1 is 1.16 bits per heavy atom. The number of carbonyl (C=O) groups excluding carboxylic acids is 1. The lowest BCUT2D eigenvalue weighted by Gasteiger charge is -2.09. The van der Waals surface area contributed by atoms with Gasteiger partial charge >= 0.3 is 5.97 Å². The monoisotopic (exact) mass is 380 g/mol. The lowest BCUT2D eigenvalue weighted by atomic mass is 10.2. The normalized spacial score (nSPS) is 12.0. The Hall–Kier alpha value is -2.57. The summed E-state index contributed by atoms with van der Waals surface area (Å²) in [4.78, 5) is 22.7. The van der Waals surface area contributed by atoms with E-state index in [4.69, 9.17) is 33.0 Å². The van der Waals surface area contributed by atoms with E-state index in [1.165, 1.54) is 31.3 Å². The molecule has 0 unspecified atom stereocenters. The first-order valence-corrected chi connectivity index (χ1v) is 7.90. The summed E-state index contributed by atoms with van der Waals surface area (Å²) in [6.07, 6.45) is 0.504. The van der Waals surface area contributed by atoms with Crippen molar-refractivity contribution in [2.24, 2.45) is 5.10 Å². The summed E-state index contributed by atoms with van der Waals surface area (Å²) in [5.41, 5.74) is 3.41. The van der Waals surface area contributed by atoms with Gasteiger partial charge in [-0.3, -0.25) is 4.79 Å². The van der Waals surface area contributed by atoms with E-state index in [0.717, 1.165) is 0 Å². The number of ether oxygens (including phenoxy) is 1. The molecule has 0 saturated carbocycles. The highest BCUT2D eigenvalue weighted by molar-refractivity contribution is 6.42. The molecule has 0 saturated heterocycles. The maximum atomic E-state index is 11.9. The molecule has 0 spiro atoms. The van der Waals surface area contributed by atoms with Crippen molar-refractivity contribution in [1.82, 2.24) is 5.43 Å². The van der Waals surface area contributed by atoms with E-state index >= 15 is 0 Å². The van der Waals surface area contributed by atoms with Crippen LogP contribution in [0.15, 0.2) is 47.6 Å². The van der Waals surface area contributed by atoms with Gasteiger partial charge in [-0.2, -0.15) is 5.10 Å². The number of hydrogen-bond acceptors (Lipinski definition) is 4. The smallest absolute Gasteiger partial charge is 0.344 e. The molecular formula is C17H14Cl2N2O4. The fourth-order valence-corrected chi connectivity index (χ4v) is 2.05. The minimum Gasteiger partial charge on any atom is -0.479 e. The van der Waals surface area contributed by atoms with Crippen molar-refractivity contribution in [3.8, 4) is 5.75 Å². The van der Waals surface area contributed by atoms with E-state index in [1.54, 1.807) is 24.3 Å². The number of nitrogens with zero attached hydrogens (tertiary/aromatic N) is 1. The lowest BCUT2D eigenvalue weighted by molar-refractivity contribution is -0.144. The van der Waals surface area contributed by atoms with E-state index in [-0.39, 0.29) is 5.02 Å². The highest BCUT2D eigenvalue weighted by Crippen LogP contribution is 2.22. The SMILES string of the molecule is C[C@@H](Oc1ccc(/C=N\NC(=O)c2ccc(Cl)c(Cl)c2)cc1)C(=O)O. The van der Waals surface area contributed by atoms with Crippen LogP contribution in [0.2, 0.25) is 10.0 Å². The molecule has 0 aliphatic heterocycles. The average Bonchev–Trinajstić information content (AvgIpc) is 2.58. The Balaban J connectivity index is 1.94. The Bertz CT molecular complexity index is 807. The fourth-order valence-electron chi connectivity index (χ4n) is 1.75. The summed E-state index contributed by atoms with van der Waals surface area (Å²) in [5, 5.41) is 13.3. The standard InChI is InChI=1S/C17H14Cl2N2O4/c1-10(17(23)24)25-13-5-2-11(3-6-13)9-20-21-16(22)12-4-7-14(18)15(19)8-12/h2-10H,1H3,(H,21,22)(H,23,24)/b20-9-/t10-/m1/s1. The Kier molecular flexibility index (Phi) is 6.38. The molecule has 2 rings (SSSR count). The Morgan fingerprint density at radius 2 is 1.84 bits per heavy atom. The average molecular weight is 381 g/mol. The highest BCUT2D eigenvalue weighted by atomic mass is 35.5. The highest BCUT2D eigenvalue weighted by Gasteiger charge is 2.12. The predicted octanol–water partition coefficient (Wildman–Crippen LogP) is 3.61. The van der Waals surface area contributed by atoms with Gasteiger partial charge in [-0.1, -0.05) is 23.2 Å². The zero-order chi connectivity index (χ0) is 18.4. The van der Waals surface area contributed by atoms with Gasteiger partial charge in [-0.05, 0) is 55.0 Å². The van der Waals surface area contributed by atoms with Crippen LogP contribution in [0, 0.1) is 0 Å². The topological polar surface area (TPSA) is 88.0 Å². The summed E-state index contributed by atoms with van der Waals surface area (Å²) in [6, 6.07) is 11.1. The first-order chi connectivity index (χ1) is 11.9. The molecule has 8 heteroatoms. The van der Waals surface area contributed by atoms with Crippen molar-refractivity contribution < 1.29 is 19.4 Å². The van der Waals surface area contributed by atoms with Gasteiger partial charge in [-0.25, -0.2) is 10.2 Å². The largest absolute Gasteiger partial charge is 0.479 e. The number of carboxylic acid groups (broad SMARTS) is 1. The second-order valence-electron chi connectivity index (χ2n) is 5.00. The number of carbonyl (C=O) groups is 2. The van der Waals surface area contributed by atoms with E-state index in [1.807, 2.05) is 0 Å². The van der Waals surface area contributed by atoms with Crippen molar-refractivity contribution in [2.45, 2.75) is 13.0 Å². The molecule has 1 amide bonds. The van der Waals surface area contributed by atoms with Crippen LogP contribution in [-0.4, -0.2) is 29.3 Å². The molecule has 25 heavy (non-hydrogen) atoms. The zero-order valence-corrected chi connectivity index (χ0v) is 14.6. The number of aliphatic carboxylic acids is 1. The maximum Gasteiger partial charge on any atom is 0.344 e. The fraction of sp³-hybridized carbons (Fsp3) is 0.118. The van der Waals surface area contributed by atoms with Crippen LogP contribution in [0.4, 0.5) is 0 Å². The number of rotatable bonds is 6. The Labute approximate surface area is 154 Å². The van der Waals surface area contributed by atoms with Crippen molar-refractivity contribution in [2.75, 3.05) is 0 Å². The molecule has 0 bridgehead atoms. The van der Waals surface area contributed by atoms with Crippen LogP contribution in [0.3, 0.4) is 0 Å². The van der Waals surface area contributed by atoms with Crippen LogP contribution in [0.25, 0.3) is 0 Å². The number of hydrazone groups is 1. The minimum atomic E-state index is -1.05. The number of nitrogens with one attached hydrogen (secondary N) is 1. The van der Waals surface area contributed by atoms with E-state index in [0.29, 0.717) is 21.9 Å². The van der Waals surface area contributed by atoms with Gasteiger partial charge in [0.2, 0.25) is 0 Å². The lowest BCUT2D eigenvalue weighted by Crippen LogP contribution is -2.22. The summed E-state index contributed by atoms with van der Waals surface area (Å²) in [5.74, 6) is -1.05. The second kappa shape index (κ2) is 8.50. The van der Waals surface area contributed by atoms with Gasteiger partial charge in [0.15, 0.2) is 6.10 Å². The third-order valence-electron chi connectivity index (χ3n) is 3.10. The number of hydrogen-bond donors (Lipinski definition) is 2. The molecule has 0 aromatic heterocycles. The van der Waals surface area contributed by atoms with E-state index in [2.05, 4.69) is 10.5 Å². The zero-order valence-electron chi connectivity index (χ0n) is 13.1. The Morgan fingerprint density at radius 3 is 2.44 bits per heavy atom. The quantitative estimate of drug-likeness (QED) is 0.591. The first kappa shape index (κ1) is 18.8. The molecular weight excluding hydrogens is 367 g/mol. The molecule has 0 aliphatic carbocycles. The van der Waals surface area contributed by atoms with Gasteiger partial charge in [-0.15, -0.1) is 0 Å². The molecule has 1 atom stereocenters. The number of benzene rings is 2. The number of carboxylic acids is 1. The maximum absolute atomic E-state index is 11.9. The van der Waals surface area contributed by atoms with Crippen LogP contribution in [0.5, 0.6) is 5.75 Å². The summed E-state index contributed by atoms with van der Waals surface area (Å²) in [6.45, 7) is 1.44. The summed E-state index contributed by atoms with van der Waals surface area (Å²) in [7, 11) is 0. The van der Waals surface area contributed by atoms with Crippen molar-refractivity contribution in [3.05, 3.63) is 63.6 Å². The van der Waals surface area contributed by atoms with E-state index in [9.17, 15) is 9.59 Å². The third kappa shape index (κ3) is 5.48. The van der Waals surface area contributed by atoms with Crippen molar-refractivity contribution in [1.29, 1.82) is 0 Å².